The molecule has 27 heavy (non-hydrogen) atoms. The predicted molar refractivity (Wildman–Crippen MR) is 103 cm³/mol. The van der Waals surface area contributed by atoms with Gasteiger partial charge in [0, 0.05) is 0 Å². The first-order valence-electron chi connectivity index (χ1n) is 8.35. The van der Waals surface area contributed by atoms with Crippen molar-refractivity contribution in [2.24, 2.45) is 0 Å². The van der Waals surface area contributed by atoms with Crippen LogP contribution in [0, 0.1) is 6.92 Å². The first-order chi connectivity index (χ1) is 12.9. The van der Waals surface area contributed by atoms with E-state index in [-0.39, 0.29) is 15.0 Å². The standard InChI is InChI=1S/C22H15F3OSe/c1-14-6-12-17(13-7-14)27-21-18-4-2-3-5-19(18)26-20(21)15-8-10-16(11-9-15)22(23,24)25/h2-13H,1H3. The summed E-state index contributed by atoms with van der Waals surface area (Å²) in [5, 5.41) is 1.01. The van der Waals surface area contributed by atoms with Gasteiger partial charge in [0.25, 0.3) is 0 Å². The second kappa shape index (κ2) is 6.91. The van der Waals surface area contributed by atoms with Crippen molar-refractivity contribution in [3.05, 3.63) is 83.9 Å². The molecule has 0 aliphatic carbocycles. The van der Waals surface area contributed by atoms with Crippen LogP contribution in [0.25, 0.3) is 22.3 Å². The van der Waals surface area contributed by atoms with Crippen molar-refractivity contribution in [1.82, 2.24) is 0 Å². The fraction of sp³-hybridized carbons (Fsp3) is 0.0909. The van der Waals surface area contributed by atoms with Crippen molar-refractivity contribution in [2.45, 2.75) is 13.1 Å². The van der Waals surface area contributed by atoms with Crippen LogP contribution in [0.1, 0.15) is 11.1 Å². The Hall–Kier alpha value is -2.49. The minimum absolute atomic E-state index is 0.0294. The van der Waals surface area contributed by atoms with E-state index in [2.05, 4.69) is 24.3 Å². The van der Waals surface area contributed by atoms with Crippen LogP contribution in [0.5, 0.6) is 0 Å². The Kier molecular flexibility index (Phi) is 4.58. The second-order valence-corrected chi connectivity index (χ2v) is 8.52. The zero-order chi connectivity index (χ0) is 19.0. The van der Waals surface area contributed by atoms with E-state index < -0.39 is 11.7 Å². The zero-order valence-electron chi connectivity index (χ0n) is 14.4. The van der Waals surface area contributed by atoms with Crippen LogP contribution in [-0.4, -0.2) is 15.0 Å². The number of rotatable bonds is 3. The van der Waals surface area contributed by atoms with E-state index in [1.54, 1.807) is 0 Å². The monoisotopic (exact) mass is 432 g/mol. The van der Waals surface area contributed by atoms with Crippen LogP contribution in [0.2, 0.25) is 0 Å². The Morgan fingerprint density at radius 1 is 0.815 bits per heavy atom. The molecule has 1 heterocycles. The van der Waals surface area contributed by atoms with Gasteiger partial charge in [-0.1, -0.05) is 0 Å². The van der Waals surface area contributed by atoms with Crippen molar-refractivity contribution in [3.8, 4) is 11.3 Å². The third-order valence-electron chi connectivity index (χ3n) is 4.27. The number of hydrogen-bond donors (Lipinski definition) is 0. The number of furan rings is 1. The van der Waals surface area contributed by atoms with E-state index in [0.717, 1.165) is 27.6 Å². The van der Waals surface area contributed by atoms with Crippen LogP contribution < -0.4 is 8.92 Å². The number of para-hydroxylation sites is 1. The number of aryl methyl sites for hydroxylation is 1. The third-order valence-corrected chi connectivity index (χ3v) is 6.61. The molecule has 0 fully saturated rings. The topological polar surface area (TPSA) is 13.1 Å². The summed E-state index contributed by atoms with van der Waals surface area (Å²) in [6.07, 6.45) is -4.35. The Morgan fingerprint density at radius 2 is 1.48 bits per heavy atom. The molecule has 3 aromatic carbocycles. The Labute approximate surface area is 161 Å². The number of hydrogen-bond acceptors (Lipinski definition) is 1. The summed E-state index contributed by atoms with van der Waals surface area (Å²) < 4.78 is 46.9. The summed E-state index contributed by atoms with van der Waals surface area (Å²) in [4.78, 5) is 0. The van der Waals surface area contributed by atoms with Crippen molar-refractivity contribution in [1.29, 1.82) is 0 Å². The Balaban J connectivity index is 1.81. The van der Waals surface area contributed by atoms with Crippen LogP contribution in [0.3, 0.4) is 0 Å². The molecule has 4 rings (SSSR count). The first-order valence-corrected chi connectivity index (χ1v) is 10.1. The summed E-state index contributed by atoms with van der Waals surface area (Å²) in [5.41, 5.74) is 1.93. The van der Waals surface area contributed by atoms with Crippen LogP contribution in [0.4, 0.5) is 13.2 Å². The molecule has 5 heteroatoms. The molecule has 0 radical (unpaired) electrons. The van der Waals surface area contributed by atoms with Gasteiger partial charge in [0.2, 0.25) is 0 Å². The van der Waals surface area contributed by atoms with Gasteiger partial charge in [0.05, 0.1) is 0 Å². The summed E-state index contributed by atoms with van der Waals surface area (Å²) in [5.74, 6) is 0.644. The summed E-state index contributed by atoms with van der Waals surface area (Å²) in [6, 6.07) is 21.2. The molecule has 1 nitrogen and oxygen atoms in total. The molecule has 0 bridgehead atoms. The molecule has 0 spiro atoms. The number of halogens is 3. The molecule has 0 saturated heterocycles. The molecule has 136 valence electrons. The molecule has 1 aromatic heterocycles. The predicted octanol–water partition coefficient (Wildman–Crippen LogP) is 5.08. The first kappa shape index (κ1) is 17.9. The van der Waals surface area contributed by atoms with Crippen molar-refractivity contribution >= 4 is 34.8 Å². The molecule has 0 aliphatic rings. The second-order valence-electron chi connectivity index (χ2n) is 6.25. The molecular formula is C22H15F3OSe. The van der Waals surface area contributed by atoms with Gasteiger partial charge in [-0.05, 0) is 0 Å². The van der Waals surface area contributed by atoms with Gasteiger partial charge in [0.1, 0.15) is 0 Å². The van der Waals surface area contributed by atoms with E-state index in [0.29, 0.717) is 11.3 Å². The maximum absolute atomic E-state index is 12.9. The van der Waals surface area contributed by atoms with Gasteiger partial charge in [-0.2, -0.15) is 0 Å². The van der Waals surface area contributed by atoms with Gasteiger partial charge in [-0.25, -0.2) is 0 Å². The van der Waals surface area contributed by atoms with Gasteiger partial charge >= 0.3 is 161 Å². The third kappa shape index (κ3) is 3.66. The Bertz CT molecular complexity index is 1080. The average Bonchev–Trinajstić information content (AvgIpc) is 3.02. The van der Waals surface area contributed by atoms with E-state index >= 15 is 0 Å². The number of alkyl halides is 3. The zero-order valence-corrected chi connectivity index (χ0v) is 16.1. The molecule has 0 saturated carbocycles. The van der Waals surface area contributed by atoms with E-state index in [1.165, 1.54) is 22.2 Å². The van der Waals surface area contributed by atoms with Gasteiger partial charge in [-0.3, -0.25) is 0 Å². The molecule has 0 N–H and O–H groups in total. The fourth-order valence-electron chi connectivity index (χ4n) is 2.85. The molecule has 0 unspecified atom stereocenters. The van der Waals surface area contributed by atoms with Crippen LogP contribution in [0.15, 0.2) is 77.2 Å². The summed E-state index contributed by atoms with van der Waals surface area (Å²) in [7, 11) is 0. The van der Waals surface area contributed by atoms with Crippen LogP contribution in [-0.2, 0) is 6.18 Å². The molecule has 4 aromatic rings. The van der Waals surface area contributed by atoms with Gasteiger partial charge in [-0.15, -0.1) is 0 Å². The SMILES string of the molecule is Cc1ccc([Se]c2c(-c3ccc(C(F)(F)F)cc3)oc3ccccc23)cc1. The van der Waals surface area contributed by atoms with E-state index in [9.17, 15) is 13.2 Å². The summed E-state index contributed by atoms with van der Waals surface area (Å²) >= 11 is -0.0294. The summed E-state index contributed by atoms with van der Waals surface area (Å²) in [6.45, 7) is 2.04. The molecule has 0 atom stereocenters. The van der Waals surface area contributed by atoms with E-state index in [1.807, 2.05) is 31.2 Å². The normalized spacial score (nSPS) is 11.9. The fourth-order valence-corrected chi connectivity index (χ4v) is 5.03. The van der Waals surface area contributed by atoms with Crippen molar-refractivity contribution < 1.29 is 17.6 Å². The average molecular weight is 431 g/mol. The molecule has 0 aliphatic heterocycles. The Morgan fingerprint density at radius 3 is 2.15 bits per heavy atom. The maximum atomic E-state index is 12.9. The van der Waals surface area contributed by atoms with Gasteiger partial charge in [0.15, 0.2) is 0 Å². The number of benzene rings is 3. The minimum atomic E-state index is -4.35. The van der Waals surface area contributed by atoms with Crippen LogP contribution >= 0.6 is 0 Å². The number of fused-ring (bicyclic) bond motifs is 1. The van der Waals surface area contributed by atoms with Crippen molar-refractivity contribution in [2.75, 3.05) is 0 Å². The molecule has 0 amide bonds. The van der Waals surface area contributed by atoms with Gasteiger partial charge < -0.3 is 0 Å². The van der Waals surface area contributed by atoms with Crippen molar-refractivity contribution in [3.63, 3.8) is 0 Å². The molecular weight excluding hydrogens is 416 g/mol. The quantitative estimate of drug-likeness (QED) is 0.413. The van der Waals surface area contributed by atoms with E-state index in [4.69, 9.17) is 4.42 Å².